The van der Waals surface area contributed by atoms with Gasteiger partial charge in [-0.3, -0.25) is 13.9 Å². The van der Waals surface area contributed by atoms with Crippen LogP contribution in [0.5, 0.6) is 0 Å². The van der Waals surface area contributed by atoms with Crippen LogP contribution in [0, 0.1) is 23.1 Å². The smallest absolute Gasteiger partial charge is 0.302 e. The predicted molar refractivity (Wildman–Crippen MR) is 136 cm³/mol. The molecule has 5 rings (SSSR count). The molecule has 0 spiro atoms. The molecule has 0 amide bonds. The zero-order valence-corrected chi connectivity index (χ0v) is 19.9. The number of Topliss-reactive ketones (excluding diaryl/α,β-unsaturated/α-hetero) is 1. The molecule has 0 N–H and O–H groups in total. The molecule has 0 saturated carbocycles. The average molecular weight is 483 g/mol. The van der Waals surface area contributed by atoms with Gasteiger partial charge in [0.15, 0.2) is 5.78 Å². The van der Waals surface area contributed by atoms with Crippen LogP contribution < -0.4 is 5.69 Å². The Hall–Kier alpha value is -4.02. The predicted octanol–water partition coefficient (Wildman–Crippen LogP) is 4.46. The van der Waals surface area contributed by atoms with Gasteiger partial charge in [0, 0.05) is 24.6 Å². The Morgan fingerprint density at radius 1 is 0.889 bits per heavy atom. The summed E-state index contributed by atoms with van der Waals surface area (Å²) in [4.78, 5) is 28.5. The number of likely N-dealkylation sites (tertiary alicyclic amines) is 1. The topological polar surface area (TPSA) is 71.0 Å². The van der Waals surface area contributed by atoms with Crippen LogP contribution in [0.4, 0.5) is 4.39 Å². The van der Waals surface area contributed by atoms with Crippen molar-refractivity contribution >= 4 is 16.8 Å². The first-order valence-corrected chi connectivity index (χ1v) is 12.2. The van der Waals surface area contributed by atoms with E-state index >= 15 is 0 Å². The zero-order valence-electron chi connectivity index (χ0n) is 19.9. The van der Waals surface area contributed by atoms with Gasteiger partial charge < -0.3 is 4.90 Å². The van der Waals surface area contributed by atoms with E-state index in [-0.39, 0.29) is 23.2 Å². The molecule has 1 aromatic heterocycles. The number of hydrogen-bond donors (Lipinski definition) is 0. The fourth-order valence-corrected chi connectivity index (χ4v) is 5.02. The molecule has 6 nitrogen and oxygen atoms in total. The van der Waals surface area contributed by atoms with E-state index in [0.29, 0.717) is 24.2 Å². The number of ketones is 1. The standard InChI is InChI=1S/C29H27FN4O2/c30-25-11-9-23(10-12-25)28(35)24-13-15-32(16-14-24)17-18-33-26-3-1-2-4-27(26)34(29(33)36)20-22-7-5-21(19-31)6-8-22/h1-12,24H,13-18,20H2. The number of imidazole rings is 1. The number of aromatic nitrogens is 2. The second-order valence-electron chi connectivity index (χ2n) is 9.30. The Morgan fingerprint density at radius 3 is 2.17 bits per heavy atom. The maximum Gasteiger partial charge on any atom is 0.329 e. The van der Waals surface area contributed by atoms with Crippen LogP contribution in [0.2, 0.25) is 0 Å². The van der Waals surface area contributed by atoms with E-state index in [1.165, 1.54) is 12.1 Å². The van der Waals surface area contributed by atoms with Crippen LogP contribution in [0.15, 0.2) is 77.6 Å². The van der Waals surface area contributed by atoms with Crippen LogP contribution in [-0.2, 0) is 13.1 Å². The average Bonchev–Trinajstić information content (AvgIpc) is 3.18. The monoisotopic (exact) mass is 482 g/mol. The molecular weight excluding hydrogens is 455 g/mol. The Morgan fingerprint density at radius 2 is 1.53 bits per heavy atom. The highest BCUT2D eigenvalue weighted by Crippen LogP contribution is 2.22. The van der Waals surface area contributed by atoms with Crippen molar-refractivity contribution in [2.75, 3.05) is 19.6 Å². The SMILES string of the molecule is N#Cc1ccc(Cn2c(=O)n(CCN3CCC(C(=O)c4ccc(F)cc4)CC3)c3ccccc32)cc1. The lowest BCUT2D eigenvalue weighted by Crippen LogP contribution is -2.39. The molecular formula is C29H27FN4O2. The van der Waals surface area contributed by atoms with E-state index in [4.69, 9.17) is 5.26 Å². The van der Waals surface area contributed by atoms with Crippen molar-refractivity contribution in [1.29, 1.82) is 5.26 Å². The van der Waals surface area contributed by atoms with E-state index in [9.17, 15) is 14.0 Å². The molecule has 0 radical (unpaired) electrons. The van der Waals surface area contributed by atoms with E-state index < -0.39 is 0 Å². The number of nitrogens with zero attached hydrogens (tertiary/aromatic N) is 4. The molecule has 1 fully saturated rings. The Kier molecular flexibility index (Phi) is 6.79. The Bertz CT molecular complexity index is 1470. The summed E-state index contributed by atoms with van der Waals surface area (Å²) in [5.41, 5.74) is 3.86. The third-order valence-electron chi connectivity index (χ3n) is 7.08. The minimum absolute atomic E-state index is 0.0521. The molecule has 0 atom stereocenters. The fourth-order valence-electron chi connectivity index (χ4n) is 5.02. The van der Waals surface area contributed by atoms with E-state index in [0.717, 1.165) is 49.1 Å². The first-order chi connectivity index (χ1) is 17.5. The molecule has 1 saturated heterocycles. The number of carbonyl (C=O) groups excluding carboxylic acids is 1. The maximum atomic E-state index is 13.4. The van der Waals surface area contributed by atoms with Gasteiger partial charge in [-0.2, -0.15) is 5.26 Å². The van der Waals surface area contributed by atoms with Gasteiger partial charge in [-0.1, -0.05) is 24.3 Å². The normalized spacial score (nSPS) is 14.7. The molecule has 7 heteroatoms. The summed E-state index contributed by atoms with van der Waals surface area (Å²) >= 11 is 0. The zero-order chi connectivity index (χ0) is 25.1. The number of halogens is 1. The Labute approximate surface area is 208 Å². The molecule has 182 valence electrons. The highest BCUT2D eigenvalue weighted by molar-refractivity contribution is 5.97. The lowest BCUT2D eigenvalue weighted by atomic mass is 9.89. The van der Waals surface area contributed by atoms with Crippen molar-refractivity contribution in [2.45, 2.75) is 25.9 Å². The van der Waals surface area contributed by atoms with Crippen molar-refractivity contribution in [3.8, 4) is 6.07 Å². The van der Waals surface area contributed by atoms with E-state index in [1.807, 2.05) is 41.0 Å². The number of hydrogen-bond acceptors (Lipinski definition) is 4. The molecule has 3 aromatic carbocycles. The third kappa shape index (κ3) is 4.86. The summed E-state index contributed by atoms with van der Waals surface area (Å²) in [5, 5.41) is 9.03. The lowest BCUT2D eigenvalue weighted by Gasteiger charge is -2.31. The second kappa shape index (κ2) is 10.3. The number of fused-ring (bicyclic) bond motifs is 1. The molecule has 36 heavy (non-hydrogen) atoms. The molecule has 1 aliphatic heterocycles. The molecule has 0 unspecified atom stereocenters. The quantitative estimate of drug-likeness (QED) is 0.365. The largest absolute Gasteiger partial charge is 0.329 e. The third-order valence-corrected chi connectivity index (χ3v) is 7.08. The van der Waals surface area contributed by atoms with Crippen LogP contribution in [-0.4, -0.2) is 39.5 Å². The van der Waals surface area contributed by atoms with Crippen molar-refractivity contribution in [3.05, 3.63) is 106 Å². The minimum Gasteiger partial charge on any atom is -0.302 e. The number of benzene rings is 3. The summed E-state index contributed by atoms with van der Waals surface area (Å²) in [6.45, 7) is 3.31. The van der Waals surface area contributed by atoms with Crippen molar-refractivity contribution in [1.82, 2.24) is 14.0 Å². The second-order valence-corrected chi connectivity index (χ2v) is 9.30. The van der Waals surface area contributed by atoms with Crippen molar-refractivity contribution in [3.63, 3.8) is 0 Å². The van der Waals surface area contributed by atoms with E-state index in [1.54, 1.807) is 28.8 Å². The summed E-state index contributed by atoms with van der Waals surface area (Å²) in [7, 11) is 0. The summed E-state index contributed by atoms with van der Waals surface area (Å²) in [6.07, 6.45) is 1.51. The molecule has 1 aliphatic rings. The summed E-state index contributed by atoms with van der Waals surface area (Å²) in [6, 6.07) is 23.0. The van der Waals surface area contributed by atoms with Gasteiger partial charge in [-0.25, -0.2) is 9.18 Å². The van der Waals surface area contributed by atoms with Gasteiger partial charge in [-0.15, -0.1) is 0 Å². The first-order valence-electron chi connectivity index (χ1n) is 12.2. The van der Waals surface area contributed by atoms with Crippen molar-refractivity contribution in [2.24, 2.45) is 5.92 Å². The van der Waals surface area contributed by atoms with Crippen LogP contribution >= 0.6 is 0 Å². The van der Waals surface area contributed by atoms with Crippen LogP contribution in [0.3, 0.4) is 0 Å². The minimum atomic E-state index is -0.338. The maximum absolute atomic E-state index is 13.4. The van der Waals surface area contributed by atoms with Gasteiger partial charge in [-0.05, 0) is 80.0 Å². The van der Waals surface area contributed by atoms with Crippen LogP contribution in [0.25, 0.3) is 11.0 Å². The number of para-hydroxylation sites is 2. The number of carbonyl (C=O) groups is 1. The van der Waals surface area contributed by atoms with Gasteiger partial charge >= 0.3 is 5.69 Å². The van der Waals surface area contributed by atoms with Gasteiger partial charge in [0.1, 0.15) is 5.82 Å². The molecule has 2 heterocycles. The number of rotatable bonds is 7. The highest BCUT2D eigenvalue weighted by Gasteiger charge is 2.26. The number of piperidine rings is 1. The number of nitriles is 1. The molecule has 0 aliphatic carbocycles. The molecule has 0 bridgehead atoms. The lowest BCUT2D eigenvalue weighted by molar-refractivity contribution is 0.0837. The molecule has 4 aromatic rings. The van der Waals surface area contributed by atoms with Crippen LogP contribution in [0.1, 0.15) is 34.3 Å². The fraction of sp³-hybridized carbons (Fsp3) is 0.276. The first kappa shape index (κ1) is 23.7. The van der Waals surface area contributed by atoms with Gasteiger partial charge in [0.05, 0.1) is 29.2 Å². The van der Waals surface area contributed by atoms with Crippen molar-refractivity contribution < 1.29 is 9.18 Å². The Balaban J connectivity index is 1.26. The highest BCUT2D eigenvalue weighted by atomic mass is 19.1. The van der Waals surface area contributed by atoms with Gasteiger partial charge in [0.2, 0.25) is 0 Å². The summed E-state index contributed by atoms with van der Waals surface area (Å²) in [5.74, 6) is -0.310. The summed E-state index contributed by atoms with van der Waals surface area (Å²) < 4.78 is 16.8. The van der Waals surface area contributed by atoms with E-state index in [2.05, 4.69) is 11.0 Å². The van der Waals surface area contributed by atoms with Gasteiger partial charge in [0.25, 0.3) is 0 Å².